The summed E-state index contributed by atoms with van der Waals surface area (Å²) in [7, 11) is 0. The number of carbonyl (C=O) groups excluding carboxylic acids is 1. The van der Waals surface area contributed by atoms with Crippen LogP contribution in [0.1, 0.15) is 32.7 Å². The van der Waals surface area contributed by atoms with Crippen LogP contribution >= 0.6 is 0 Å². The van der Waals surface area contributed by atoms with Gasteiger partial charge in [0.15, 0.2) is 6.04 Å². The molecule has 0 saturated heterocycles. The molecule has 0 radical (unpaired) electrons. The summed E-state index contributed by atoms with van der Waals surface area (Å²) in [6, 6.07) is 9.14. The smallest absolute Gasteiger partial charge is 0.247 e. The number of carbonyl (C=O) groups is 1. The second-order valence-corrected chi connectivity index (χ2v) is 6.73. The van der Waals surface area contributed by atoms with Crippen LogP contribution in [0.4, 0.5) is 0 Å². The quantitative estimate of drug-likeness (QED) is 0.800. The van der Waals surface area contributed by atoms with Gasteiger partial charge in [-0.3, -0.25) is 4.79 Å². The Morgan fingerprint density at radius 3 is 2.67 bits per heavy atom. The highest BCUT2D eigenvalue weighted by molar-refractivity contribution is 5.80. The molecule has 7 heteroatoms. The number of tetrazole rings is 1. The second kappa shape index (κ2) is 7.09. The molecule has 2 unspecified atom stereocenters. The van der Waals surface area contributed by atoms with E-state index in [0.717, 1.165) is 18.4 Å². The van der Waals surface area contributed by atoms with E-state index < -0.39 is 6.04 Å². The number of benzene rings is 1. The lowest BCUT2D eigenvalue weighted by molar-refractivity contribution is -0.126. The molecule has 0 aliphatic heterocycles. The highest BCUT2D eigenvalue weighted by atomic mass is 16.2. The van der Waals surface area contributed by atoms with E-state index >= 15 is 0 Å². The van der Waals surface area contributed by atoms with Gasteiger partial charge in [-0.05, 0) is 29.9 Å². The molecule has 2 atom stereocenters. The van der Waals surface area contributed by atoms with E-state index in [0.29, 0.717) is 18.3 Å². The zero-order valence-electron chi connectivity index (χ0n) is 14.1. The van der Waals surface area contributed by atoms with Crippen LogP contribution in [0.2, 0.25) is 0 Å². The zero-order valence-corrected chi connectivity index (χ0v) is 14.1. The summed E-state index contributed by atoms with van der Waals surface area (Å²) in [6.45, 7) is 4.43. The van der Waals surface area contributed by atoms with E-state index in [1.165, 1.54) is 4.80 Å². The molecule has 1 aliphatic rings. The SMILES string of the molecule is CC(C)C(C(=O)NCC(N)C1CC1)n1nnc(-c2ccccc2)n1. The molecule has 0 bridgehead atoms. The molecule has 128 valence electrons. The van der Waals surface area contributed by atoms with Crippen LogP contribution < -0.4 is 11.1 Å². The van der Waals surface area contributed by atoms with Crippen molar-refractivity contribution in [2.24, 2.45) is 17.6 Å². The van der Waals surface area contributed by atoms with E-state index in [1.807, 2.05) is 44.2 Å². The molecule has 1 saturated carbocycles. The van der Waals surface area contributed by atoms with Crippen molar-refractivity contribution in [1.82, 2.24) is 25.5 Å². The number of rotatable bonds is 7. The lowest BCUT2D eigenvalue weighted by Gasteiger charge is -2.20. The third-order valence-corrected chi connectivity index (χ3v) is 4.35. The summed E-state index contributed by atoms with van der Waals surface area (Å²) in [4.78, 5) is 14.0. The summed E-state index contributed by atoms with van der Waals surface area (Å²) >= 11 is 0. The van der Waals surface area contributed by atoms with Crippen molar-refractivity contribution < 1.29 is 4.79 Å². The number of nitrogens with one attached hydrogen (secondary N) is 1. The number of aromatic nitrogens is 4. The van der Waals surface area contributed by atoms with E-state index in [-0.39, 0.29) is 17.9 Å². The van der Waals surface area contributed by atoms with E-state index in [4.69, 9.17) is 5.73 Å². The molecule has 2 aromatic rings. The summed E-state index contributed by atoms with van der Waals surface area (Å²) < 4.78 is 0. The van der Waals surface area contributed by atoms with E-state index in [9.17, 15) is 4.79 Å². The standard InChI is InChI=1S/C17H24N6O/c1-11(2)15(17(24)19-10-14(18)12-8-9-12)23-21-16(20-22-23)13-6-4-3-5-7-13/h3-7,11-12,14-15H,8-10,18H2,1-2H3,(H,19,24). The first-order valence-electron chi connectivity index (χ1n) is 8.44. The maximum atomic E-state index is 12.6. The van der Waals surface area contributed by atoms with Gasteiger partial charge in [0, 0.05) is 18.2 Å². The largest absolute Gasteiger partial charge is 0.353 e. The maximum Gasteiger partial charge on any atom is 0.247 e. The van der Waals surface area contributed by atoms with Crippen LogP contribution in [0.15, 0.2) is 30.3 Å². The molecule has 1 fully saturated rings. The molecule has 1 aliphatic carbocycles. The molecule has 24 heavy (non-hydrogen) atoms. The summed E-state index contributed by atoms with van der Waals surface area (Å²) in [5.74, 6) is 0.999. The summed E-state index contributed by atoms with van der Waals surface area (Å²) in [6.07, 6.45) is 2.32. The third-order valence-electron chi connectivity index (χ3n) is 4.35. The molecule has 3 N–H and O–H groups in total. The van der Waals surface area contributed by atoms with E-state index in [2.05, 4.69) is 20.7 Å². The molecule has 1 aromatic heterocycles. The Balaban J connectivity index is 1.71. The van der Waals surface area contributed by atoms with E-state index in [1.54, 1.807) is 0 Å². The van der Waals surface area contributed by atoms with Crippen molar-refractivity contribution in [2.75, 3.05) is 6.54 Å². The fraction of sp³-hybridized carbons (Fsp3) is 0.529. The fourth-order valence-electron chi connectivity index (χ4n) is 2.73. The minimum absolute atomic E-state index is 0.0327. The number of hydrogen-bond acceptors (Lipinski definition) is 5. The van der Waals surface area contributed by atoms with Crippen molar-refractivity contribution in [3.63, 3.8) is 0 Å². The highest BCUT2D eigenvalue weighted by Crippen LogP contribution is 2.31. The number of nitrogens with zero attached hydrogens (tertiary/aromatic N) is 4. The molecule has 7 nitrogen and oxygen atoms in total. The Labute approximate surface area is 141 Å². The van der Waals surface area contributed by atoms with Crippen molar-refractivity contribution in [1.29, 1.82) is 0 Å². The average molecular weight is 328 g/mol. The monoisotopic (exact) mass is 328 g/mol. The van der Waals surface area contributed by atoms with Gasteiger partial charge in [0.05, 0.1) is 0 Å². The molecule has 0 spiro atoms. The second-order valence-electron chi connectivity index (χ2n) is 6.73. The molecule has 1 aromatic carbocycles. The first kappa shape index (κ1) is 16.6. The number of amides is 1. The number of nitrogens with two attached hydrogens (primary N) is 1. The lowest BCUT2D eigenvalue weighted by atomic mass is 10.0. The van der Waals surface area contributed by atoms with Crippen molar-refractivity contribution in [3.8, 4) is 11.4 Å². The topological polar surface area (TPSA) is 98.7 Å². The van der Waals surface area contributed by atoms with Crippen LogP contribution in [0.25, 0.3) is 11.4 Å². The van der Waals surface area contributed by atoms with Gasteiger partial charge < -0.3 is 11.1 Å². The molecule has 3 rings (SSSR count). The van der Waals surface area contributed by atoms with Crippen LogP contribution in [-0.2, 0) is 4.79 Å². The van der Waals surface area contributed by atoms with Gasteiger partial charge in [0.2, 0.25) is 11.7 Å². The van der Waals surface area contributed by atoms with Crippen molar-refractivity contribution in [2.45, 2.75) is 38.8 Å². The van der Waals surface area contributed by atoms with Gasteiger partial charge in [-0.25, -0.2) is 0 Å². The molecule has 1 amide bonds. The third kappa shape index (κ3) is 3.79. The predicted molar refractivity (Wildman–Crippen MR) is 90.8 cm³/mol. The Morgan fingerprint density at radius 2 is 2.04 bits per heavy atom. The summed E-state index contributed by atoms with van der Waals surface area (Å²) in [5.41, 5.74) is 6.93. The van der Waals surface area contributed by atoms with Gasteiger partial charge in [0.1, 0.15) is 0 Å². The Morgan fingerprint density at radius 1 is 1.33 bits per heavy atom. The maximum absolute atomic E-state index is 12.6. The predicted octanol–water partition coefficient (Wildman–Crippen LogP) is 1.39. The Kier molecular flexibility index (Phi) is 4.89. The normalized spacial score (nSPS) is 16.8. The highest BCUT2D eigenvalue weighted by Gasteiger charge is 2.31. The number of hydrogen-bond donors (Lipinski definition) is 2. The van der Waals surface area contributed by atoms with Gasteiger partial charge in [0.25, 0.3) is 0 Å². The first-order chi connectivity index (χ1) is 11.6. The first-order valence-corrected chi connectivity index (χ1v) is 8.44. The van der Waals surface area contributed by atoms with Crippen molar-refractivity contribution in [3.05, 3.63) is 30.3 Å². The fourth-order valence-corrected chi connectivity index (χ4v) is 2.73. The van der Waals surface area contributed by atoms with Crippen molar-refractivity contribution >= 4 is 5.91 Å². The van der Waals surface area contributed by atoms with Crippen LogP contribution in [0.5, 0.6) is 0 Å². The van der Waals surface area contributed by atoms with Gasteiger partial charge >= 0.3 is 0 Å². The minimum Gasteiger partial charge on any atom is -0.353 e. The van der Waals surface area contributed by atoms with Gasteiger partial charge in [-0.15, -0.1) is 10.2 Å². The molecular weight excluding hydrogens is 304 g/mol. The van der Waals surface area contributed by atoms with Gasteiger partial charge in [-0.1, -0.05) is 44.2 Å². The zero-order chi connectivity index (χ0) is 17.1. The minimum atomic E-state index is -0.499. The average Bonchev–Trinajstić information content (AvgIpc) is 3.32. The van der Waals surface area contributed by atoms with Crippen LogP contribution in [0.3, 0.4) is 0 Å². The van der Waals surface area contributed by atoms with Crippen LogP contribution in [0, 0.1) is 11.8 Å². The summed E-state index contributed by atoms with van der Waals surface area (Å²) in [5, 5.41) is 15.5. The molecular formula is C17H24N6O. The lowest BCUT2D eigenvalue weighted by Crippen LogP contribution is -2.43. The Hall–Kier alpha value is -2.28. The Bertz CT molecular complexity index is 679. The van der Waals surface area contributed by atoms with Gasteiger partial charge in [-0.2, -0.15) is 4.80 Å². The molecule has 1 heterocycles. The van der Waals surface area contributed by atoms with Crippen LogP contribution in [-0.4, -0.2) is 38.7 Å².